The topological polar surface area (TPSA) is 52.6 Å². The Kier molecular flexibility index (Phi) is 6.10. The first kappa shape index (κ1) is 19.8. The van der Waals surface area contributed by atoms with Gasteiger partial charge < -0.3 is 9.47 Å². The van der Waals surface area contributed by atoms with Gasteiger partial charge in [0.2, 0.25) is 0 Å². The summed E-state index contributed by atoms with van der Waals surface area (Å²) in [6, 6.07) is 0. The molecule has 0 spiro atoms. The van der Waals surface area contributed by atoms with E-state index in [4.69, 9.17) is 4.74 Å². The SMILES string of the molecule is CCC(C)(C)C(=O)OC1(CC(=O)OC(C)C(F)(F)F)CCCC1. The van der Waals surface area contributed by atoms with E-state index in [9.17, 15) is 22.8 Å². The van der Waals surface area contributed by atoms with E-state index in [2.05, 4.69) is 4.74 Å². The van der Waals surface area contributed by atoms with Gasteiger partial charge in [-0.3, -0.25) is 9.59 Å². The molecule has 4 nitrogen and oxygen atoms in total. The van der Waals surface area contributed by atoms with Crippen LogP contribution in [0.3, 0.4) is 0 Å². The van der Waals surface area contributed by atoms with Crippen molar-refractivity contribution >= 4 is 11.9 Å². The van der Waals surface area contributed by atoms with Crippen LogP contribution >= 0.6 is 0 Å². The molecule has 0 bridgehead atoms. The summed E-state index contributed by atoms with van der Waals surface area (Å²) in [4.78, 5) is 24.1. The van der Waals surface area contributed by atoms with Crippen LogP contribution in [0.15, 0.2) is 0 Å². The minimum Gasteiger partial charge on any atom is -0.458 e. The van der Waals surface area contributed by atoms with E-state index in [-0.39, 0.29) is 6.42 Å². The van der Waals surface area contributed by atoms with E-state index >= 15 is 0 Å². The van der Waals surface area contributed by atoms with Crippen LogP contribution in [-0.2, 0) is 19.1 Å². The molecule has 1 fully saturated rings. The number of carbonyl (C=O) groups is 2. The molecule has 0 radical (unpaired) electrons. The van der Waals surface area contributed by atoms with Crippen LogP contribution in [-0.4, -0.2) is 29.8 Å². The zero-order chi connectivity index (χ0) is 17.9. The fraction of sp³-hybridized carbons (Fsp3) is 0.875. The molecule has 0 aromatic heterocycles. The van der Waals surface area contributed by atoms with Crippen molar-refractivity contribution in [3.05, 3.63) is 0 Å². The summed E-state index contributed by atoms with van der Waals surface area (Å²) in [5.41, 5.74) is -1.73. The Morgan fingerprint density at radius 2 is 1.70 bits per heavy atom. The molecule has 0 aromatic carbocycles. The maximum Gasteiger partial charge on any atom is 0.425 e. The van der Waals surface area contributed by atoms with Crippen molar-refractivity contribution < 1.29 is 32.2 Å². The van der Waals surface area contributed by atoms with Gasteiger partial charge in [-0.05, 0) is 52.9 Å². The molecular formula is C16H25F3O4. The summed E-state index contributed by atoms with van der Waals surface area (Å²) >= 11 is 0. The second-order valence-electron chi connectivity index (χ2n) is 6.87. The molecule has 1 aliphatic carbocycles. The highest BCUT2D eigenvalue weighted by Crippen LogP contribution is 2.39. The van der Waals surface area contributed by atoms with Crippen LogP contribution in [0.4, 0.5) is 13.2 Å². The Balaban J connectivity index is 2.75. The highest BCUT2D eigenvalue weighted by molar-refractivity contribution is 5.77. The van der Waals surface area contributed by atoms with Crippen molar-refractivity contribution in [3.63, 3.8) is 0 Å². The molecule has 0 heterocycles. The lowest BCUT2D eigenvalue weighted by atomic mass is 9.89. The molecule has 1 atom stereocenters. The largest absolute Gasteiger partial charge is 0.458 e. The van der Waals surface area contributed by atoms with Gasteiger partial charge in [-0.25, -0.2) is 0 Å². The molecule has 0 aromatic rings. The monoisotopic (exact) mass is 338 g/mol. The Labute approximate surface area is 134 Å². The van der Waals surface area contributed by atoms with Crippen LogP contribution in [0.1, 0.15) is 66.2 Å². The third-order valence-electron chi connectivity index (χ3n) is 4.50. The number of esters is 2. The fourth-order valence-corrected chi connectivity index (χ4v) is 2.38. The van der Waals surface area contributed by atoms with Crippen molar-refractivity contribution in [2.24, 2.45) is 5.41 Å². The summed E-state index contributed by atoms with van der Waals surface area (Å²) in [7, 11) is 0. The Morgan fingerprint density at radius 1 is 1.17 bits per heavy atom. The van der Waals surface area contributed by atoms with Crippen molar-refractivity contribution in [3.8, 4) is 0 Å². The standard InChI is InChI=1S/C16H25F3O4/c1-5-14(3,4)13(21)23-15(8-6-7-9-15)10-12(20)22-11(2)16(17,18)19/h11H,5-10H2,1-4H3. The second-order valence-corrected chi connectivity index (χ2v) is 6.87. The van der Waals surface area contributed by atoms with E-state index in [1.807, 2.05) is 6.92 Å². The normalized spacial score (nSPS) is 19.3. The predicted molar refractivity (Wildman–Crippen MR) is 77.6 cm³/mol. The van der Waals surface area contributed by atoms with Crippen molar-refractivity contribution in [1.29, 1.82) is 0 Å². The molecule has 1 rings (SSSR count). The van der Waals surface area contributed by atoms with E-state index in [1.54, 1.807) is 13.8 Å². The summed E-state index contributed by atoms with van der Waals surface area (Å²) in [5, 5.41) is 0. The number of rotatable bonds is 6. The zero-order valence-corrected chi connectivity index (χ0v) is 14.1. The predicted octanol–water partition coefficient (Wildman–Crippen LogP) is 4.16. The van der Waals surface area contributed by atoms with Crippen molar-refractivity contribution in [1.82, 2.24) is 0 Å². The summed E-state index contributed by atoms with van der Waals surface area (Å²) in [5.74, 6) is -1.42. The van der Waals surface area contributed by atoms with Crippen LogP contribution in [0.5, 0.6) is 0 Å². The first-order valence-corrected chi connectivity index (χ1v) is 7.91. The first-order chi connectivity index (χ1) is 10.4. The highest BCUT2D eigenvalue weighted by atomic mass is 19.4. The summed E-state index contributed by atoms with van der Waals surface area (Å²) in [6.45, 7) is 6.11. The van der Waals surface area contributed by atoms with E-state index in [0.717, 1.165) is 19.8 Å². The molecular weight excluding hydrogens is 313 g/mol. The van der Waals surface area contributed by atoms with Crippen molar-refractivity contribution in [2.75, 3.05) is 0 Å². The molecule has 0 N–H and O–H groups in total. The summed E-state index contributed by atoms with van der Waals surface area (Å²) < 4.78 is 47.4. The molecule has 0 amide bonds. The second kappa shape index (κ2) is 7.09. The Hall–Kier alpha value is -1.27. The average Bonchev–Trinajstić information content (AvgIpc) is 2.85. The van der Waals surface area contributed by atoms with Crippen LogP contribution in [0.25, 0.3) is 0 Å². The van der Waals surface area contributed by atoms with E-state index in [1.165, 1.54) is 0 Å². The zero-order valence-electron chi connectivity index (χ0n) is 14.1. The van der Waals surface area contributed by atoms with Gasteiger partial charge in [-0.2, -0.15) is 13.2 Å². The number of carbonyl (C=O) groups excluding carboxylic acids is 2. The Morgan fingerprint density at radius 3 is 2.13 bits per heavy atom. The van der Waals surface area contributed by atoms with E-state index in [0.29, 0.717) is 19.3 Å². The first-order valence-electron chi connectivity index (χ1n) is 7.91. The fourth-order valence-electron chi connectivity index (χ4n) is 2.38. The van der Waals surface area contributed by atoms with Gasteiger partial charge in [-0.1, -0.05) is 6.92 Å². The number of hydrogen-bond acceptors (Lipinski definition) is 4. The number of hydrogen-bond donors (Lipinski definition) is 0. The maximum atomic E-state index is 12.5. The molecule has 1 unspecified atom stereocenters. The number of alkyl halides is 3. The summed E-state index contributed by atoms with van der Waals surface area (Å²) in [6.07, 6.45) is -4.07. The molecule has 23 heavy (non-hydrogen) atoms. The molecule has 1 saturated carbocycles. The van der Waals surface area contributed by atoms with Gasteiger partial charge in [0.25, 0.3) is 0 Å². The number of ether oxygens (including phenoxy) is 2. The van der Waals surface area contributed by atoms with Gasteiger partial charge in [0.1, 0.15) is 5.60 Å². The smallest absolute Gasteiger partial charge is 0.425 e. The minimum absolute atomic E-state index is 0.334. The van der Waals surface area contributed by atoms with Crippen LogP contribution in [0, 0.1) is 5.41 Å². The van der Waals surface area contributed by atoms with E-state index < -0.39 is 35.2 Å². The quantitative estimate of drug-likeness (QED) is 0.682. The van der Waals surface area contributed by atoms with Crippen LogP contribution in [0.2, 0.25) is 0 Å². The van der Waals surface area contributed by atoms with Gasteiger partial charge in [-0.15, -0.1) is 0 Å². The molecule has 7 heteroatoms. The highest BCUT2D eigenvalue weighted by Gasteiger charge is 2.45. The molecule has 1 aliphatic rings. The lowest BCUT2D eigenvalue weighted by Crippen LogP contribution is -2.41. The number of halogens is 3. The lowest BCUT2D eigenvalue weighted by molar-refractivity contribution is -0.219. The third kappa shape index (κ3) is 5.39. The van der Waals surface area contributed by atoms with Gasteiger partial charge >= 0.3 is 18.1 Å². The van der Waals surface area contributed by atoms with Crippen molar-refractivity contribution in [2.45, 2.75) is 84.1 Å². The minimum atomic E-state index is -4.60. The maximum absolute atomic E-state index is 12.5. The van der Waals surface area contributed by atoms with Gasteiger partial charge in [0, 0.05) is 0 Å². The van der Waals surface area contributed by atoms with Gasteiger partial charge in [0.05, 0.1) is 11.8 Å². The average molecular weight is 338 g/mol. The Bertz CT molecular complexity index is 437. The van der Waals surface area contributed by atoms with Gasteiger partial charge in [0.15, 0.2) is 6.10 Å². The molecule has 134 valence electrons. The van der Waals surface area contributed by atoms with Crippen LogP contribution < -0.4 is 0 Å². The molecule has 0 saturated heterocycles. The molecule has 0 aliphatic heterocycles. The lowest BCUT2D eigenvalue weighted by Gasteiger charge is -2.32. The third-order valence-corrected chi connectivity index (χ3v) is 4.50.